The molecule has 0 fully saturated rings. The summed E-state index contributed by atoms with van der Waals surface area (Å²) in [6, 6.07) is 21.7. The average molecular weight is 501 g/mol. The van der Waals surface area contributed by atoms with E-state index in [1.165, 1.54) is 0 Å². The molecule has 0 bridgehead atoms. The molecule has 0 spiro atoms. The first-order valence-electron chi connectivity index (χ1n) is 10.6. The summed E-state index contributed by atoms with van der Waals surface area (Å²) in [6.45, 7) is 0.970. The topological polar surface area (TPSA) is 82.5 Å². The molecule has 7 nitrogen and oxygen atoms in total. The van der Waals surface area contributed by atoms with E-state index >= 15 is 0 Å². The number of rotatable bonds is 4. The smallest absolute Gasteiger partial charge is 0.338 e. The summed E-state index contributed by atoms with van der Waals surface area (Å²) in [5.74, 6) is 0.704. The van der Waals surface area contributed by atoms with Crippen LogP contribution in [-0.4, -0.2) is 33.7 Å². The lowest BCUT2D eigenvalue weighted by Gasteiger charge is -2.28. The Morgan fingerprint density at radius 3 is 2.82 bits per heavy atom. The number of urea groups is 1. The zero-order valence-electron chi connectivity index (χ0n) is 17.7. The van der Waals surface area contributed by atoms with Gasteiger partial charge in [0.2, 0.25) is 0 Å². The van der Waals surface area contributed by atoms with Gasteiger partial charge in [-0.25, -0.2) is 20.2 Å². The van der Waals surface area contributed by atoms with Crippen LogP contribution in [0.25, 0.3) is 10.8 Å². The van der Waals surface area contributed by atoms with Crippen molar-refractivity contribution in [1.29, 1.82) is 0 Å². The van der Waals surface area contributed by atoms with Crippen molar-refractivity contribution in [3.63, 3.8) is 0 Å². The van der Waals surface area contributed by atoms with Gasteiger partial charge in [-0.15, -0.1) is 0 Å². The number of hydrogen-bond donors (Lipinski definition) is 2. The quantitative estimate of drug-likeness (QED) is 0.296. The largest absolute Gasteiger partial charge is 0.340 e. The second-order valence-corrected chi connectivity index (χ2v) is 8.61. The number of hydrogen-bond acceptors (Lipinski definition) is 5. The molecule has 1 aliphatic rings. The van der Waals surface area contributed by atoms with Gasteiger partial charge in [0.05, 0.1) is 18.5 Å². The Morgan fingerprint density at radius 2 is 1.91 bits per heavy atom. The molecule has 0 saturated carbocycles. The monoisotopic (exact) mass is 500 g/mol. The molecule has 5 rings (SSSR count). The summed E-state index contributed by atoms with van der Waals surface area (Å²) >= 11 is 3.49. The highest BCUT2D eigenvalue weighted by Gasteiger charge is 2.24. The van der Waals surface area contributed by atoms with Crippen molar-refractivity contribution in [3.8, 4) is 0 Å². The van der Waals surface area contributed by atoms with Crippen molar-refractivity contribution < 1.29 is 4.79 Å². The molecule has 8 heteroatoms. The fourth-order valence-electron chi connectivity index (χ4n) is 3.92. The molecule has 0 radical (unpaired) electrons. The van der Waals surface area contributed by atoms with Crippen LogP contribution in [0.1, 0.15) is 16.8 Å². The van der Waals surface area contributed by atoms with Crippen molar-refractivity contribution >= 4 is 50.5 Å². The highest BCUT2D eigenvalue weighted by Crippen LogP contribution is 2.26. The third-order valence-corrected chi connectivity index (χ3v) is 6.06. The number of amides is 2. The molecule has 0 aliphatic carbocycles. The van der Waals surface area contributed by atoms with Crippen LogP contribution in [0.4, 0.5) is 16.3 Å². The van der Waals surface area contributed by atoms with Crippen LogP contribution in [0.3, 0.4) is 0 Å². The molecular weight excluding hydrogens is 480 g/mol. The molecule has 0 atom stereocenters. The second-order valence-electron chi connectivity index (χ2n) is 7.70. The zero-order chi connectivity index (χ0) is 22.6. The summed E-state index contributed by atoms with van der Waals surface area (Å²) in [5, 5.41) is 9.77. The molecule has 4 aromatic rings. The van der Waals surface area contributed by atoms with Gasteiger partial charge in [0.25, 0.3) is 0 Å². The Morgan fingerprint density at radius 1 is 1.06 bits per heavy atom. The maximum atomic E-state index is 12.8. The van der Waals surface area contributed by atoms with Crippen molar-refractivity contribution in [2.45, 2.75) is 13.0 Å². The van der Waals surface area contributed by atoms with Crippen molar-refractivity contribution in [3.05, 3.63) is 94.4 Å². The summed E-state index contributed by atoms with van der Waals surface area (Å²) < 4.78 is 0.973. The Kier molecular flexibility index (Phi) is 5.99. The summed E-state index contributed by atoms with van der Waals surface area (Å²) in [6.07, 6.45) is 3.90. The Bertz CT molecular complexity index is 1350. The van der Waals surface area contributed by atoms with E-state index in [0.717, 1.165) is 37.8 Å². The number of benzene rings is 3. The lowest BCUT2D eigenvalue weighted by molar-refractivity contribution is 0.192. The molecule has 2 N–H and O–H groups in total. The minimum atomic E-state index is -0.255. The van der Waals surface area contributed by atoms with Gasteiger partial charge in [-0.2, -0.15) is 5.10 Å². The maximum absolute atomic E-state index is 12.8. The van der Waals surface area contributed by atoms with Gasteiger partial charge in [0.15, 0.2) is 0 Å². The zero-order valence-corrected chi connectivity index (χ0v) is 19.3. The Hall–Kier alpha value is -3.78. The van der Waals surface area contributed by atoms with Crippen LogP contribution >= 0.6 is 15.9 Å². The van der Waals surface area contributed by atoms with E-state index in [4.69, 9.17) is 0 Å². The normalized spacial score (nSPS) is 13.2. The van der Waals surface area contributed by atoms with Gasteiger partial charge >= 0.3 is 6.03 Å². The van der Waals surface area contributed by atoms with Crippen LogP contribution < -0.4 is 10.7 Å². The molecule has 2 heterocycles. The van der Waals surface area contributed by atoms with E-state index in [0.29, 0.717) is 25.3 Å². The van der Waals surface area contributed by atoms with Crippen molar-refractivity contribution in [1.82, 2.24) is 20.3 Å². The van der Waals surface area contributed by atoms with Crippen LogP contribution in [-0.2, 0) is 13.0 Å². The number of halogens is 1. The summed E-state index contributed by atoms with van der Waals surface area (Å²) in [4.78, 5) is 23.4. The predicted octanol–water partition coefficient (Wildman–Crippen LogP) is 5.24. The molecule has 33 heavy (non-hydrogen) atoms. The number of aromatic nitrogens is 2. The van der Waals surface area contributed by atoms with E-state index < -0.39 is 0 Å². The third kappa shape index (κ3) is 4.70. The molecule has 3 aromatic carbocycles. The van der Waals surface area contributed by atoms with Gasteiger partial charge in [-0.1, -0.05) is 64.5 Å². The lowest BCUT2D eigenvalue weighted by atomic mass is 10.1. The molecule has 2 amide bonds. The first-order valence-corrected chi connectivity index (χ1v) is 11.4. The Balaban J connectivity index is 1.29. The van der Waals surface area contributed by atoms with E-state index in [9.17, 15) is 4.79 Å². The van der Waals surface area contributed by atoms with Gasteiger partial charge in [-0.05, 0) is 29.0 Å². The van der Waals surface area contributed by atoms with Gasteiger partial charge in [0, 0.05) is 34.3 Å². The molecule has 164 valence electrons. The summed E-state index contributed by atoms with van der Waals surface area (Å²) in [7, 11) is 0. The van der Waals surface area contributed by atoms with Crippen LogP contribution in [0.5, 0.6) is 0 Å². The highest BCUT2D eigenvalue weighted by atomic mass is 79.9. The standard InChI is InChI=1S/C25H21BrN6O/c26-19-8-4-9-20(13-19)30-24-22-15-32(12-11-23(22)27-16-28-24)25(33)31-29-14-18-7-3-6-17-5-1-2-10-21(17)18/h1-10,13-14,16H,11-12,15H2,(H,31,33)(H,27,28,30)/b29-14+. The second kappa shape index (κ2) is 9.38. The van der Waals surface area contributed by atoms with E-state index in [1.54, 1.807) is 17.4 Å². The van der Waals surface area contributed by atoms with E-state index in [1.807, 2.05) is 54.6 Å². The first-order chi connectivity index (χ1) is 16.2. The fourth-order valence-corrected chi connectivity index (χ4v) is 4.32. The lowest BCUT2D eigenvalue weighted by Crippen LogP contribution is -2.41. The number of carbonyl (C=O) groups is 1. The minimum absolute atomic E-state index is 0.255. The third-order valence-electron chi connectivity index (χ3n) is 5.56. The van der Waals surface area contributed by atoms with Crippen LogP contribution in [0.15, 0.2) is 82.6 Å². The number of hydrazone groups is 1. The number of nitrogens with one attached hydrogen (secondary N) is 2. The SMILES string of the molecule is O=C(N/N=C/c1cccc2ccccc12)N1CCc2ncnc(Nc3cccc(Br)c3)c2C1. The molecule has 1 aromatic heterocycles. The molecule has 0 unspecified atom stereocenters. The van der Waals surface area contributed by atoms with Crippen LogP contribution in [0, 0.1) is 0 Å². The average Bonchev–Trinajstić information content (AvgIpc) is 2.84. The molecular formula is C25H21BrN6O. The minimum Gasteiger partial charge on any atom is -0.340 e. The van der Waals surface area contributed by atoms with Crippen molar-refractivity contribution in [2.24, 2.45) is 5.10 Å². The van der Waals surface area contributed by atoms with Gasteiger partial charge < -0.3 is 10.2 Å². The number of nitrogens with zero attached hydrogens (tertiary/aromatic N) is 4. The fraction of sp³-hybridized carbons (Fsp3) is 0.120. The van der Waals surface area contributed by atoms with Gasteiger partial charge in [0.1, 0.15) is 12.1 Å². The van der Waals surface area contributed by atoms with E-state index in [2.05, 4.69) is 53.9 Å². The predicted molar refractivity (Wildman–Crippen MR) is 134 cm³/mol. The summed E-state index contributed by atoms with van der Waals surface area (Å²) in [5.41, 5.74) is 6.38. The van der Waals surface area contributed by atoms with Gasteiger partial charge in [-0.3, -0.25) is 0 Å². The number of anilines is 2. The maximum Gasteiger partial charge on any atom is 0.338 e. The highest BCUT2D eigenvalue weighted by molar-refractivity contribution is 9.10. The van der Waals surface area contributed by atoms with Crippen molar-refractivity contribution in [2.75, 3.05) is 11.9 Å². The first kappa shape index (κ1) is 21.1. The van der Waals surface area contributed by atoms with E-state index in [-0.39, 0.29) is 6.03 Å². The molecule has 0 saturated heterocycles. The Labute approximate surface area is 199 Å². The molecule has 1 aliphatic heterocycles. The van der Waals surface area contributed by atoms with Crippen LogP contribution in [0.2, 0.25) is 0 Å². The number of fused-ring (bicyclic) bond motifs is 2. The number of carbonyl (C=O) groups excluding carboxylic acids is 1.